The third-order valence-electron chi connectivity index (χ3n) is 4.88. The van der Waals surface area contributed by atoms with Gasteiger partial charge in [-0.3, -0.25) is 4.21 Å². The minimum Gasteiger partial charge on any atom is -0.316 e. The van der Waals surface area contributed by atoms with Crippen molar-refractivity contribution < 1.29 is 4.21 Å². The molecule has 0 aromatic heterocycles. The summed E-state index contributed by atoms with van der Waals surface area (Å²) in [5.41, 5.74) is 1.50. The second-order valence-electron chi connectivity index (χ2n) is 7.32. The largest absolute Gasteiger partial charge is 0.316 e. The Bertz CT molecular complexity index is 466. The Hall–Kier alpha value is -0.670. The van der Waals surface area contributed by atoms with Crippen molar-refractivity contribution in [3.63, 3.8) is 0 Å². The topological polar surface area (TPSA) is 29.1 Å². The molecule has 0 aliphatic heterocycles. The van der Waals surface area contributed by atoms with E-state index >= 15 is 0 Å². The van der Waals surface area contributed by atoms with Gasteiger partial charge in [-0.05, 0) is 43.2 Å². The SMILES string of the molecule is CNC1CCC(C(C)(C)C)CC1S(=O)Cc1ccccc1. The molecule has 2 nitrogen and oxygen atoms in total. The van der Waals surface area contributed by atoms with Gasteiger partial charge in [-0.15, -0.1) is 0 Å². The van der Waals surface area contributed by atoms with Crippen LogP contribution in [0.3, 0.4) is 0 Å². The van der Waals surface area contributed by atoms with Gasteiger partial charge in [0.25, 0.3) is 0 Å². The zero-order chi connectivity index (χ0) is 15.5. The lowest BCUT2D eigenvalue weighted by atomic mass is 9.71. The van der Waals surface area contributed by atoms with Gasteiger partial charge < -0.3 is 5.32 Å². The standard InChI is InChI=1S/C18H29NOS/c1-18(2,3)15-10-11-16(19-4)17(12-15)21(20)13-14-8-6-5-7-9-14/h5-9,15-17,19H,10-13H2,1-4H3. The predicted octanol–water partition coefficient (Wildman–Crippen LogP) is 3.74. The number of hydrogen-bond acceptors (Lipinski definition) is 2. The van der Waals surface area contributed by atoms with E-state index in [4.69, 9.17) is 0 Å². The van der Waals surface area contributed by atoms with Gasteiger partial charge in [0.2, 0.25) is 0 Å². The summed E-state index contributed by atoms with van der Waals surface area (Å²) in [6.45, 7) is 6.94. The quantitative estimate of drug-likeness (QED) is 0.918. The Morgan fingerprint density at radius 1 is 1.19 bits per heavy atom. The van der Waals surface area contributed by atoms with Crippen molar-refractivity contribution in [2.45, 2.75) is 57.1 Å². The summed E-state index contributed by atoms with van der Waals surface area (Å²) in [6, 6.07) is 10.6. The molecule has 1 aliphatic carbocycles. The van der Waals surface area contributed by atoms with Crippen molar-refractivity contribution in [3.8, 4) is 0 Å². The molecule has 1 fully saturated rings. The molecule has 1 saturated carbocycles. The maximum absolute atomic E-state index is 12.9. The highest BCUT2D eigenvalue weighted by Crippen LogP contribution is 2.39. The highest BCUT2D eigenvalue weighted by atomic mass is 32.2. The van der Waals surface area contributed by atoms with Crippen LogP contribution in [0.1, 0.15) is 45.6 Å². The summed E-state index contributed by atoms with van der Waals surface area (Å²) in [5, 5.41) is 3.67. The van der Waals surface area contributed by atoms with Crippen molar-refractivity contribution in [3.05, 3.63) is 35.9 Å². The number of benzene rings is 1. The smallest absolute Gasteiger partial charge is 0.0507 e. The zero-order valence-corrected chi connectivity index (χ0v) is 14.6. The Labute approximate surface area is 132 Å². The van der Waals surface area contributed by atoms with Crippen LogP contribution in [-0.2, 0) is 16.6 Å². The molecule has 1 N–H and O–H groups in total. The first-order valence-corrected chi connectivity index (χ1v) is 9.38. The molecule has 4 unspecified atom stereocenters. The average molecular weight is 308 g/mol. The van der Waals surface area contributed by atoms with Gasteiger partial charge in [0.15, 0.2) is 0 Å². The molecule has 0 heterocycles. The summed E-state index contributed by atoms with van der Waals surface area (Å²) in [5.74, 6) is 1.35. The Morgan fingerprint density at radius 2 is 1.86 bits per heavy atom. The van der Waals surface area contributed by atoms with Gasteiger partial charge in [0, 0.05) is 22.6 Å². The molecule has 1 aromatic carbocycles. The Kier molecular flexibility index (Phi) is 5.61. The van der Waals surface area contributed by atoms with Crippen molar-refractivity contribution in [2.75, 3.05) is 7.05 Å². The summed E-state index contributed by atoms with van der Waals surface area (Å²) in [7, 11) is 1.20. The lowest BCUT2D eigenvalue weighted by Gasteiger charge is -2.41. The molecular weight excluding hydrogens is 278 g/mol. The fourth-order valence-corrected chi connectivity index (χ4v) is 5.20. The maximum atomic E-state index is 12.9. The minimum atomic E-state index is -0.805. The van der Waals surface area contributed by atoms with E-state index in [1.165, 1.54) is 12.0 Å². The van der Waals surface area contributed by atoms with Gasteiger partial charge in [-0.1, -0.05) is 51.1 Å². The molecule has 0 bridgehead atoms. The molecule has 0 radical (unpaired) electrons. The van der Waals surface area contributed by atoms with E-state index in [0.717, 1.165) is 12.8 Å². The lowest BCUT2D eigenvalue weighted by molar-refractivity contribution is 0.166. The third-order valence-corrected chi connectivity index (χ3v) is 6.69. The molecular formula is C18H29NOS. The average Bonchev–Trinajstić information content (AvgIpc) is 2.46. The van der Waals surface area contributed by atoms with E-state index in [0.29, 0.717) is 23.1 Å². The van der Waals surface area contributed by atoms with Crippen LogP contribution in [0, 0.1) is 11.3 Å². The maximum Gasteiger partial charge on any atom is 0.0507 e. The Balaban J connectivity index is 2.08. The van der Waals surface area contributed by atoms with Gasteiger partial charge in [-0.25, -0.2) is 0 Å². The lowest BCUT2D eigenvalue weighted by Crippen LogP contribution is -2.47. The number of nitrogens with one attached hydrogen (secondary N) is 1. The molecule has 0 spiro atoms. The second-order valence-corrected chi connectivity index (χ2v) is 8.98. The predicted molar refractivity (Wildman–Crippen MR) is 91.7 cm³/mol. The molecule has 3 heteroatoms. The van der Waals surface area contributed by atoms with Crippen LogP contribution >= 0.6 is 0 Å². The van der Waals surface area contributed by atoms with Crippen molar-refractivity contribution in [1.29, 1.82) is 0 Å². The fraction of sp³-hybridized carbons (Fsp3) is 0.667. The fourth-order valence-electron chi connectivity index (χ4n) is 3.38. The third kappa shape index (κ3) is 4.40. The Morgan fingerprint density at radius 3 is 2.43 bits per heavy atom. The molecule has 0 amide bonds. The summed E-state index contributed by atoms with van der Waals surface area (Å²) in [4.78, 5) is 0. The van der Waals surface area contributed by atoms with Crippen LogP contribution in [0.15, 0.2) is 30.3 Å². The van der Waals surface area contributed by atoms with Crippen LogP contribution in [0.5, 0.6) is 0 Å². The molecule has 2 rings (SSSR count). The molecule has 0 saturated heterocycles. The van der Waals surface area contributed by atoms with Gasteiger partial charge in [0.1, 0.15) is 0 Å². The normalized spacial score (nSPS) is 28.3. The number of rotatable bonds is 4. The van der Waals surface area contributed by atoms with Crippen molar-refractivity contribution in [2.24, 2.45) is 11.3 Å². The highest BCUT2D eigenvalue weighted by molar-refractivity contribution is 7.84. The van der Waals surface area contributed by atoms with Crippen molar-refractivity contribution >= 4 is 10.8 Å². The first-order valence-electron chi connectivity index (χ1n) is 8.00. The zero-order valence-electron chi connectivity index (χ0n) is 13.8. The van der Waals surface area contributed by atoms with Crippen LogP contribution in [0.2, 0.25) is 0 Å². The van der Waals surface area contributed by atoms with Crippen LogP contribution in [-0.4, -0.2) is 22.5 Å². The van der Waals surface area contributed by atoms with E-state index in [9.17, 15) is 4.21 Å². The first-order chi connectivity index (χ1) is 9.91. The van der Waals surface area contributed by atoms with Gasteiger partial charge in [-0.2, -0.15) is 0 Å². The van der Waals surface area contributed by atoms with E-state index in [2.05, 4.69) is 38.2 Å². The minimum absolute atomic E-state index is 0.271. The van der Waals surface area contributed by atoms with Crippen LogP contribution in [0.25, 0.3) is 0 Å². The summed E-state index contributed by atoms with van der Waals surface area (Å²) in [6.07, 6.45) is 3.46. The summed E-state index contributed by atoms with van der Waals surface area (Å²) < 4.78 is 12.9. The van der Waals surface area contributed by atoms with Gasteiger partial charge >= 0.3 is 0 Å². The highest BCUT2D eigenvalue weighted by Gasteiger charge is 2.37. The van der Waals surface area contributed by atoms with E-state index < -0.39 is 10.8 Å². The monoisotopic (exact) mass is 307 g/mol. The van der Waals surface area contributed by atoms with Crippen LogP contribution in [0.4, 0.5) is 0 Å². The summed E-state index contributed by atoms with van der Waals surface area (Å²) >= 11 is 0. The van der Waals surface area contributed by atoms with E-state index in [1.807, 2.05) is 25.2 Å². The van der Waals surface area contributed by atoms with E-state index in [-0.39, 0.29) is 5.25 Å². The van der Waals surface area contributed by atoms with Gasteiger partial charge in [0.05, 0.1) is 5.25 Å². The molecule has 21 heavy (non-hydrogen) atoms. The molecule has 1 aliphatic rings. The van der Waals surface area contributed by atoms with Crippen LogP contribution < -0.4 is 5.32 Å². The van der Waals surface area contributed by atoms with E-state index in [1.54, 1.807) is 0 Å². The number of hydrogen-bond donors (Lipinski definition) is 1. The molecule has 4 atom stereocenters. The molecule has 1 aromatic rings. The molecule has 118 valence electrons. The second kappa shape index (κ2) is 7.06. The first kappa shape index (κ1) is 16.7. The van der Waals surface area contributed by atoms with Crippen molar-refractivity contribution in [1.82, 2.24) is 5.32 Å².